The smallest absolute Gasteiger partial charge is 0.330 e. The van der Waals surface area contributed by atoms with Crippen LogP contribution in [0, 0.1) is 10.1 Å². The molecule has 27 heavy (non-hydrogen) atoms. The Morgan fingerprint density at radius 3 is 2.70 bits per heavy atom. The molecular weight excluding hydrogens is 398 g/mol. The molecule has 144 valence electrons. The van der Waals surface area contributed by atoms with Gasteiger partial charge >= 0.3 is 5.69 Å². The lowest BCUT2D eigenvalue weighted by Crippen LogP contribution is -2.36. The van der Waals surface area contributed by atoms with Crippen LogP contribution in [0.1, 0.15) is 6.23 Å². The molecule has 12 heteroatoms. The maximum Gasteiger partial charge on any atom is 0.330 e. The average molecular weight is 413 g/mol. The minimum Gasteiger partial charge on any atom is -0.394 e. The number of ether oxygens (including phenoxy) is 1. The van der Waals surface area contributed by atoms with Crippen molar-refractivity contribution in [3.8, 4) is 0 Å². The van der Waals surface area contributed by atoms with Crippen molar-refractivity contribution in [1.82, 2.24) is 9.55 Å². The van der Waals surface area contributed by atoms with E-state index in [1.54, 1.807) is 18.2 Å². The maximum atomic E-state index is 12.1. The number of H-pyrrole nitrogens is 1. The summed E-state index contributed by atoms with van der Waals surface area (Å²) in [5, 5.41) is 30.3. The molecule has 3 N–H and O–H groups in total. The van der Waals surface area contributed by atoms with Gasteiger partial charge in [-0.2, -0.15) is 0 Å². The van der Waals surface area contributed by atoms with Crippen LogP contribution in [0.5, 0.6) is 0 Å². The van der Waals surface area contributed by atoms with Crippen LogP contribution < -0.4 is 11.2 Å². The van der Waals surface area contributed by atoms with Crippen molar-refractivity contribution in [2.24, 2.45) is 0 Å². The molecule has 1 aliphatic rings. The summed E-state index contributed by atoms with van der Waals surface area (Å²) < 4.78 is 6.69. The van der Waals surface area contributed by atoms with Gasteiger partial charge in [0, 0.05) is 18.3 Å². The number of hydrogen-bond donors (Lipinski definition) is 3. The third-order valence-electron chi connectivity index (χ3n) is 3.93. The van der Waals surface area contributed by atoms with E-state index in [0.717, 1.165) is 32.2 Å². The molecule has 0 saturated carbocycles. The zero-order valence-corrected chi connectivity index (χ0v) is 15.3. The number of aromatic amines is 1. The fraction of sp³-hybridized carbons (Fsp3) is 0.333. The molecule has 0 amide bonds. The van der Waals surface area contributed by atoms with Crippen LogP contribution in [-0.4, -0.2) is 48.8 Å². The Morgan fingerprint density at radius 1 is 1.30 bits per heavy atom. The van der Waals surface area contributed by atoms with Gasteiger partial charge in [0.25, 0.3) is 11.2 Å². The molecule has 1 saturated heterocycles. The Kier molecular flexibility index (Phi) is 6.01. The van der Waals surface area contributed by atoms with Crippen LogP contribution in [0.15, 0.2) is 51.0 Å². The van der Waals surface area contributed by atoms with Crippen molar-refractivity contribution in [1.29, 1.82) is 0 Å². The zero-order chi connectivity index (χ0) is 19.6. The quantitative estimate of drug-likeness (QED) is 0.350. The molecule has 0 aliphatic carbocycles. The minimum absolute atomic E-state index is 0.0835. The molecule has 2 unspecified atom stereocenters. The maximum absolute atomic E-state index is 12.1. The van der Waals surface area contributed by atoms with E-state index in [1.807, 2.05) is 0 Å². The fourth-order valence-electron chi connectivity index (χ4n) is 2.61. The van der Waals surface area contributed by atoms with Crippen molar-refractivity contribution in [2.45, 2.75) is 28.6 Å². The Bertz CT molecular complexity index is 947. The Balaban J connectivity index is 1.88. The van der Waals surface area contributed by atoms with Crippen molar-refractivity contribution in [3.05, 3.63) is 67.5 Å². The van der Waals surface area contributed by atoms with Gasteiger partial charge in [0.15, 0.2) is 6.23 Å². The van der Waals surface area contributed by atoms with E-state index in [4.69, 9.17) is 4.74 Å². The molecule has 1 aliphatic heterocycles. The summed E-state index contributed by atoms with van der Waals surface area (Å²) in [6.07, 6.45) is -1.79. The summed E-state index contributed by atoms with van der Waals surface area (Å²) in [7, 11) is 2.15. The lowest BCUT2D eigenvalue weighted by Gasteiger charge is -2.20. The highest BCUT2D eigenvalue weighted by Gasteiger charge is 2.45. The molecule has 3 rings (SSSR count). The second-order valence-electron chi connectivity index (χ2n) is 5.62. The molecule has 10 nitrogen and oxygen atoms in total. The van der Waals surface area contributed by atoms with E-state index < -0.39 is 46.5 Å². The number of aliphatic hydroxyl groups is 2. The Hall–Kier alpha value is -2.12. The third-order valence-corrected chi connectivity index (χ3v) is 6.78. The summed E-state index contributed by atoms with van der Waals surface area (Å²) in [6.45, 7) is -0.469. The van der Waals surface area contributed by atoms with E-state index in [1.165, 1.54) is 12.3 Å². The number of benzene rings is 1. The normalized spacial score (nSPS) is 24.8. The first-order valence-electron chi connectivity index (χ1n) is 7.75. The van der Waals surface area contributed by atoms with Gasteiger partial charge in [0.2, 0.25) is 0 Å². The van der Waals surface area contributed by atoms with Crippen LogP contribution in [0.3, 0.4) is 0 Å². The zero-order valence-electron chi connectivity index (χ0n) is 13.6. The number of nitrogens with zero attached hydrogens (tertiary/aromatic N) is 2. The van der Waals surface area contributed by atoms with Gasteiger partial charge < -0.3 is 14.9 Å². The summed E-state index contributed by atoms with van der Waals surface area (Å²) in [5.41, 5.74) is -1.38. The summed E-state index contributed by atoms with van der Waals surface area (Å²) in [6, 6.07) is 7.27. The SMILES string of the molecule is O=c1ccn([C@@H]2O[C@H](CO)C(O)C2SSc2ccccc2[N+](=O)[O-])c(=O)[nH]1. The van der Waals surface area contributed by atoms with Gasteiger partial charge in [-0.25, -0.2) is 4.79 Å². The highest BCUT2D eigenvalue weighted by molar-refractivity contribution is 8.77. The molecule has 1 fully saturated rings. The van der Waals surface area contributed by atoms with Gasteiger partial charge in [-0.15, -0.1) is 0 Å². The first-order chi connectivity index (χ1) is 12.9. The monoisotopic (exact) mass is 413 g/mol. The average Bonchev–Trinajstić information content (AvgIpc) is 2.95. The molecule has 1 aromatic carbocycles. The number of aromatic nitrogens is 2. The minimum atomic E-state index is -1.13. The van der Waals surface area contributed by atoms with Crippen LogP contribution >= 0.6 is 21.6 Å². The van der Waals surface area contributed by atoms with Gasteiger partial charge in [0.1, 0.15) is 6.10 Å². The molecule has 1 aromatic heterocycles. The number of hydrogen-bond acceptors (Lipinski definition) is 9. The standard InChI is InChI=1S/C15H15N3O7S2/c19-7-9-12(21)13(14(25-9)17-6-5-11(20)16-15(17)22)27-26-10-4-2-1-3-8(10)18(23)24/h1-6,9,12-14,19,21H,7H2,(H,16,20,22)/t9-,12?,13?,14-/m1/s1. The van der Waals surface area contributed by atoms with Crippen molar-refractivity contribution >= 4 is 27.3 Å². The summed E-state index contributed by atoms with van der Waals surface area (Å²) in [4.78, 5) is 36.4. The molecule has 0 spiro atoms. The predicted octanol–water partition coefficient (Wildman–Crippen LogP) is 0.504. The van der Waals surface area contributed by atoms with E-state index >= 15 is 0 Å². The topological polar surface area (TPSA) is 148 Å². The Morgan fingerprint density at radius 2 is 2.04 bits per heavy atom. The van der Waals surface area contributed by atoms with Crippen LogP contribution in [-0.2, 0) is 4.74 Å². The van der Waals surface area contributed by atoms with Crippen molar-refractivity contribution in [3.63, 3.8) is 0 Å². The van der Waals surface area contributed by atoms with Crippen molar-refractivity contribution < 1.29 is 19.9 Å². The third kappa shape index (κ3) is 4.09. The van der Waals surface area contributed by atoms with Gasteiger partial charge in [-0.3, -0.25) is 24.5 Å². The number of nitrogens with one attached hydrogen (secondary N) is 1. The van der Waals surface area contributed by atoms with E-state index in [-0.39, 0.29) is 5.69 Å². The number of nitro benzene ring substituents is 1. The summed E-state index contributed by atoms with van der Waals surface area (Å²) >= 11 is 0. The molecule has 2 aromatic rings. The highest BCUT2D eigenvalue weighted by atomic mass is 33.1. The lowest BCUT2D eigenvalue weighted by molar-refractivity contribution is -0.387. The van der Waals surface area contributed by atoms with Gasteiger partial charge in [-0.05, 0) is 16.9 Å². The number of para-hydroxylation sites is 1. The first-order valence-corrected chi connectivity index (χ1v) is 9.96. The van der Waals surface area contributed by atoms with Crippen LogP contribution in [0.25, 0.3) is 0 Å². The van der Waals surface area contributed by atoms with E-state index in [0.29, 0.717) is 4.90 Å². The van der Waals surface area contributed by atoms with Gasteiger partial charge in [0.05, 0.1) is 27.8 Å². The van der Waals surface area contributed by atoms with E-state index in [2.05, 4.69) is 4.98 Å². The van der Waals surface area contributed by atoms with Crippen LogP contribution in [0.4, 0.5) is 5.69 Å². The van der Waals surface area contributed by atoms with Gasteiger partial charge in [-0.1, -0.05) is 22.9 Å². The molecule has 2 heterocycles. The number of nitro groups is 1. The van der Waals surface area contributed by atoms with Crippen molar-refractivity contribution in [2.75, 3.05) is 6.61 Å². The summed E-state index contributed by atoms with van der Waals surface area (Å²) in [5.74, 6) is 0. The Labute approximate surface area is 159 Å². The second kappa shape index (κ2) is 8.27. The largest absolute Gasteiger partial charge is 0.394 e. The lowest BCUT2D eigenvalue weighted by atomic mass is 10.2. The molecular formula is C15H15N3O7S2. The first kappa shape index (κ1) is 19.6. The molecule has 0 radical (unpaired) electrons. The molecule has 4 atom stereocenters. The number of rotatable bonds is 6. The fourth-order valence-corrected chi connectivity index (χ4v) is 5.46. The van der Waals surface area contributed by atoms with Crippen LogP contribution in [0.2, 0.25) is 0 Å². The predicted molar refractivity (Wildman–Crippen MR) is 98.7 cm³/mol. The molecule has 0 bridgehead atoms. The second-order valence-corrected chi connectivity index (χ2v) is 8.05. The number of aliphatic hydroxyl groups excluding tert-OH is 2. The van der Waals surface area contributed by atoms with E-state index in [9.17, 15) is 29.9 Å². The highest BCUT2D eigenvalue weighted by Crippen LogP contribution is 2.47.